The number of hydrogen-bond acceptors (Lipinski definition) is 7. The maximum absolute atomic E-state index is 12.2. The van der Waals surface area contributed by atoms with E-state index in [4.69, 9.17) is 5.73 Å². The molecule has 94 valence electrons. The van der Waals surface area contributed by atoms with Crippen LogP contribution in [0.25, 0.3) is 4.96 Å². The Morgan fingerprint density at radius 1 is 1.50 bits per heavy atom. The van der Waals surface area contributed by atoms with Crippen molar-refractivity contribution >= 4 is 37.8 Å². The summed E-state index contributed by atoms with van der Waals surface area (Å²) in [7, 11) is -3.83. The van der Waals surface area contributed by atoms with Crippen LogP contribution in [0.2, 0.25) is 0 Å². The van der Waals surface area contributed by atoms with E-state index >= 15 is 0 Å². The second-order valence-electron chi connectivity index (χ2n) is 3.38. The highest BCUT2D eigenvalue weighted by Gasteiger charge is 2.25. The number of aromatic nitrogens is 3. The second-order valence-corrected chi connectivity index (χ2v) is 5.85. The van der Waals surface area contributed by atoms with Crippen molar-refractivity contribution in [1.82, 2.24) is 14.5 Å². The number of fused-ring (bicyclic) bond motifs is 1. The van der Waals surface area contributed by atoms with E-state index in [1.807, 2.05) is 0 Å². The van der Waals surface area contributed by atoms with Gasteiger partial charge in [0.15, 0.2) is 10.8 Å². The number of rotatable bonds is 3. The quantitative estimate of drug-likeness (QED) is 0.734. The van der Waals surface area contributed by atoms with E-state index in [-0.39, 0.29) is 16.5 Å². The molecule has 3 heterocycles. The molecule has 0 aliphatic carbocycles. The van der Waals surface area contributed by atoms with Gasteiger partial charge in [-0.15, -0.1) is 11.3 Å². The summed E-state index contributed by atoms with van der Waals surface area (Å²) >= 11 is 1.30. The predicted octanol–water partition coefficient (Wildman–Crippen LogP) is 0.767. The van der Waals surface area contributed by atoms with E-state index in [9.17, 15) is 8.42 Å². The lowest BCUT2D eigenvalue weighted by Crippen LogP contribution is -2.16. The van der Waals surface area contributed by atoms with E-state index < -0.39 is 10.0 Å². The average Bonchev–Trinajstić information content (AvgIpc) is 2.92. The number of nitrogens with zero attached hydrogens (tertiary/aromatic N) is 3. The first kappa shape index (κ1) is 11.0. The van der Waals surface area contributed by atoms with Gasteiger partial charge in [0, 0.05) is 11.6 Å². The van der Waals surface area contributed by atoms with Crippen LogP contribution in [0.3, 0.4) is 0 Å². The molecule has 10 heteroatoms. The second kappa shape index (κ2) is 3.71. The van der Waals surface area contributed by atoms with E-state index in [1.165, 1.54) is 28.2 Å². The van der Waals surface area contributed by atoms with Gasteiger partial charge in [-0.1, -0.05) is 5.16 Å². The van der Waals surface area contributed by atoms with E-state index in [1.54, 1.807) is 11.6 Å². The van der Waals surface area contributed by atoms with Gasteiger partial charge in [-0.2, -0.15) is 8.42 Å². The number of imidazole rings is 1. The van der Waals surface area contributed by atoms with Gasteiger partial charge < -0.3 is 10.3 Å². The molecule has 0 unspecified atom stereocenters. The van der Waals surface area contributed by atoms with Crippen LogP contribution in [-0.2, 0) is 10.0 Å². The minimum absolute atomic E-state index is 0.0502. The lowest BCUT2D eigenvalue weighted by molar-refractivity contribution is 0.420. The maximum atomic E-state index is 12.2. The summed E-state index contributed by atoms with van der Waals surface area (Å²) in [5.41, 5.74) is 5.85. The molecule has 0 fully saturated rings. The van der Waals surface area contributed by atoms with Crippen LogP contribution >= 0.6 is 11.3 Å². The Balaban J connectivity index is 2.13. The molecule has 0 atom stereocenters. The zero-order valence-corrected chi connectivity index (χ0v) is 10.4. The summed E-state index contributed by atoms with van der Waals surface area (Å²) in [6, 6.07) is 0. The number of nitrogen functional groups attached to an aromatic ring is 1. The fourth-order valence-corrected chi connectivity index (χ4v) is 3.52. The Hall–Kier alpha value is -2.07. The molecule has 8 nitrogen and oxygen atoms in total. The molecule has 3 aromatic rings. The van der Waals surface area contributed by atoms with E-state index in [0.29, 0.717) is 4.96 Å². The van der Waals surface area contributed by atoms with Crippen molar-refractivity contribution in [3.8, 4) is 0 Å². The first-order valence-corrected chi connectivity index (χ1v) is 7.07. The predicted molar refractivity (Wildman–Crippen MR) is 64.8 cm³/mol. The van der Waals surface area contributed by atoms with Crippen LogP contribution in [0.4, 0.5) is 11.5 Å². The van der Waals surface area contributed by atoms with Crippen LogP contribution in [-0.4, -0.2) is 23.0 Å². The number of nitrogens with two attached hydrogens (primary N) is 1. The third kappa shape index (κ3) is 1.62. The number of sulfonamides is 1. The molecular formula is C8H7N5O3S2. The summed E-state index contributed by atoms with van der Waals surface area (Å²) in [5.74, 6) is -0.0502. The fraction of sp³-hybridized carbons (Fsp3) is 0. The van der Waals surface area contributed by atoms with Crippen molar-refractivity contribution in [2.45, 2.75) is 5.03 Å². The molecular weight excluding hydrogens is 278 g/mol. The van der Waals surface area contributed by atoms with Gasteiger partial charge in [0.1, 0.15) is 12.0 Å². The van der Waals surface area contributed by atoms with Gasteiger partial charge in [-0.25, -0.2) is 4.98 Å². The monoisotopic (exact) mass is 285 g/mol. The molecule has 0 bridgehead atoms. The van der Waals surface area contributed by atoms with Crippen molar-refractivity contribution in [2.24, 2.45) is 0 Å². The van der Waals surface area contributed by atoms with Gasteiger partial charge in [0.2, 0.25) is 5.03 Å². The largest absolute Gasteiger partial charge is 0.381 e. The van der Waals surface area contributed by atoms with Gasteiger partial charge in [-0.05, 0) is 0 Å². The first-order chi connectivity index (χ1) is 8.58. The normalized spacial score (nSPS) is 12.0. The zero-order chi connectivity index (χ0) is 12.8. The standard InChI is InChI=1S/C8H7N5O3S2/c9-6-7(13-1-2-17-8(13)11-6)18(14,15)12-5-3-10-16-4-5/h1-4,12H,9H2. The summed E-state index contributed by atoms with van der Waals surface area (Å²) in [4.78, 5) is 4.48. The van der Waals surface area contributed by atoms with Crippen LogP contribution in [0.15, 0.2) is 33.6 Å². The number of hydrogen-bond donors (Lipinski definition) is 2. The fourth-order valence-electron chi connectivity index (χ4n) is 1.51. The molecule has 3 aromatic heterocycles. The van der Waals surface area contributed by atoms with Crippen LogP contribution in [0.5, 0.6) is 0 Å². The highest BCUT2D eigenvalue weighted by atomic mass is 32.2. The van der Waals surface area contributed by atoms with Crippen LogP contribution in [0, 0.1) is 0 Å². The zero-order valence-electron chi connectivity index (χ0n) is 8.77. The van der Waals surface area contributed by atoms with Gasteiger partial charge in [-0.3, -0.25) is 9.12 Å². The molecule has 3 N–H and O–H groups in total. The third-order valence-electron chi connectivity index (χ3n) is 2.18. The molecule has 0 spiro atoms. The topological polar surface area (TPSA) is 116 Å². The summed E-state index contributed by atoms with van der Waals surface area (Å²) < 4.78 is 32.6. The third-order valence-corrected chi connectivity index (χ3v) is 4.36. The van der Waals surface area contributed by atoms with Gasteiger partial charge >= 0.3 is 0 Å². The number of thiazole rings is 1. The van der Waals surface area contributed by atoms with Crippen molar-refractivity contribution in [2.75, 3.05) is 10.5 Å². The van der Waals surface area contributed by atoms with Gasteiger partial charge in [0.25, 0.3) is 10.0 Å². The Labute approximate surface area is 105 Å². The Bertz CT molecular complexity index is 786. The highest BCUT2D eigenvalue weighted by Crippen LogP contribution is 2.25. The number of anilines is 2. The Morgan fingerprint density at radius 2 is 2.33 bits per heavy atom. The molecule has 0 aromatic carbocycles. The Kier molecular flexibility index (Phi) is 2.28. The molecule has 0 radical (unpaired) electrons. The lowest BCUT2D eigenvalue weighted by Gasteiger charge is -2.04. The average molecular weight is 285 g/mol. The highest BCUT2D eigenvalue weighted by molar-refractivity contribution is 7.92. The van der Waals surface area contributed by atoms with Crippen molar-refractivity contribution < 1.29 is 12.9 Å². The molecule has 0 amide bonds. The molecule has 3 rings (SSSR count). The van der Waals surface area contributed by atoms with Crippen LogP contribution < -0.4 is 10.5 Å². The van der Waals surface area contributed by atoms with Crippen molar-refractivity contribution in [1.29, 1.82) is 0 Å². The molecule has 0 saturated heterocycles. The van der Waals surface area contributed by atoms with Gasteiger partial charge in [0.05, 0.1) is 6.20 Å². The van der Waals surface area contributed by atoms with Crippen molar-refractivity contribution in [3.05, 3.63) is 24.0 Å². The summed E-state index contributed by atoms with van der Waals surface area (Å²) in [6.07, 6.45) is 4.02. The minimum atomic E-state index is -3.83. The van der Waals surface area contributed by atoms with E-state index in [2.05, 4.69) is 19.4 Å². The molecule has 18 heavy (non-hydrogen) atoms. The maximum Gasteiger partial charge on any atom is 0.281 e. The van der Waals surface area contributed by atoms with E-state index in [0.717, 1.165) is 0 Å². The summed E-state index contributed by atoms with van der Waals surface area (Å²) in [5, 5.41) is 5.03. The SMILES string of the molecule is Nc1nc2sccn2c1S(=O)(=O)Nc1cnoc1. The minimum Gasteiger partial charge on any atom is -0.381 e. The number of nitrogens with one attached hydrogen (secondary N) is 1. The first-order valence-electron chi connectivity index (χ1n) is 4.71. The van der Waals surface area contributed by atoms with Crippen molar-refractivity contribution in [3.63, 3.8) is 0 Å². The molecule has 0 aliphatic heterocycles. The molecule has 0 saturated carbocycles. The Morgan fingerprint density at radius 3 is 3.06 bits per heavy atom. The molecule has 0 aliphatic rings. The summed E-state index contributed by atoms with van der Waals surface area (Å²) in [6.45, 7) is 0. The van der Waals surface area contributed by atoms with Crippen LogP contribution in [0.1, 0.15) is 0 Å². The smallest absolute Gasteiger partial charge is 0.281 e. The lowest BCUT2D eigenvalue weighted by atomic mass is 10.6.